The molecule has 3 aromatic rings. The van der Waals surface area contributed by atoms with E-state index in [0.29, 0.717) is 12.1 Å². The molecule has 7 heteroatoms. The van der Waals surface area contributed by atoms with Gasteiger partial charge in [-0.2, -0.15) is 0 Å². The molecule has 2 aromatic carbocycles. The number of amides is 1. The summed E-state index contributed by atoms with van der Waals surface area (Å²) in [6.07, 6.45) is 1.97. The lowest BCUT2D eigenvalue weighted by atomic mass is 10.0. The molecule has 1 saturated heterocycles. The van der Waals surface area contributed by atoms with Gasteiger partial charge in [-0.25, -0.2) is 4.79 Å². The average Bonchev–Trinajstić information content (AvgIpc) is 3.22. The number of fused-ring (bicyclic) bond motifs is 1. The molecular weight excluding hydrogens is 376 g/mol. The number of thioether (sulfide) groups is 1. The van der Waals surface area contributed by atoms with Gasteiger partial charge in [0.1, 0.15) is 6.04 Å². The van der Waals surface area contributed by atoms with Crippen LogP contribution in [0.25, 0.3) is 10.9 Å². The molecule has 1 fully saturated rings. The van der Waals surface area contributed by atoms with Crippen LogP contribution in [0.4, 0.5) is 4.79 Å². The highest BCUT2D eigenvalue weighted by molar-refractivity contribution is 8.26. The maximum atomic E-state index is 12.3. The first-order valence-electron chi connectivity index (χ1n) is 8.73. The van der Waals surface area contributed by atoms with Crippen molar-refractivity contribution in [2.45, 2.75) is 12.6 Å². The standard InChI is InChI=1S/C21H18N2O4S/c1-22-18(20(25)28-21(22)26)16-4-3-5-17-15(16)10-11-23(17)12-13-6-8-14(9-7-13)19(24)27-2/h3-11,18H,12H2,1-2H3. The Kier molecular flexibility index (Phi) is 4.68. The van der Waals surface area contributed by atoms with Gasteiger partial charge in [-0.1, -0.05) is 24.3 Å². The second-order valence-corrected chi connectivity index (χ2v) is 7.57. The molecule has 1 amide bonds. The minimum absolute atomic E-state index is 0.147. The van der Waals surface area contributed by atoms with E-state index in [1.807, 2.05) is 42.6 Å². The molecule has 6 nitrogen and oxygen atoms in total. The van der Waals surface area contributed by atoms with Gasteiger partial charge < -0.3 is 14.2 Å². The van der Waals surface area contributed by atoms with Crippen LogP contribution in [0.2, 0.25) is 0 Å². The Balaban J connectivity index is 1.66. The molecule has 0 spiro atoms. The first-order chi connectivity index (χ1) is 13.5. The summed E-state index contributed by atoms with van der Waals surface area (Å²) in [6, 6.07) is 14.5. The largest absolute Gasteiger partial charge is 0.465 e. The molecule has 0 aliphatic carbocycles. The Bertz CT molecular complexity index is 1090. The third-order valence-electron chi connectivity index (χ3n) is 4.96. The molecule has 1 aliphatic heterocycles. The molecule has 0 radical (unpaired) electrons. The number of nitrogens with zero attached hydrogens (tertiary/aromatic N) is 2. The van der Waals surface area contributed by atoms with Crippen LogP contribution in [0.3, 0.4) is 0 Å². The summed E-state index contributed by atoms with van der Waals surface area (Å²) < 4.78 is 6.81. The van der Waals surface area contributed by atoms with Crippen LogP contribution in [-0.4, -0.2) is 39.9 Å². The predicted molar refractivity (Wildman–Crippen MR) is 107 cm³/mol. The monoisotopic (exact) mass is 394 g/mol. The number of carbonyl (C=O) groups excluding carboxylic acids is 3. The van der Waals surface area contributed by atoms with Crippen molar-refractivity contribution < 1.29 is 19.1 Å². The first kappa shape index (κ1) is 18.3. The number of methoxy groups -OCH3 is 1. The maximum absolute atomic E-state index is 12.3. The normalized spacial score (nSPS) is 16.8. The minimum atomic E-state index is -0.559. The Morgan fingerprint density at radius 3 is 2.50 bits per heavy atom. The molecule has 28 heavy (non-hydrogen) atoms. The fourth-order valence-electron chi connectivity index (χ4n) is 3.50. The summed E-state index contributed by atoms with van der Waals surface area (Å²) in [5, 5.41) is 0.581. The van der Waals surface area contributed by atoms with Crippen LogP contribution >= 0.6 is 11.8 Å². The van der Waals surface area contributed by atoms with Gasteiger partial charge in [-0.15, -0.1) is 0 Å². The fraction of sp³-hybridized carbons (Fsp3) is 0.190. The Labute approximate surface area is 166 Å². The fourth-order valence-corrected chi connectivity index (χ4v) is 4.32. The number of aromatic nitrogens is 1. The van der Waals surface area contributed by atoms with Gasteiger partial charge in [0.05, 0.1) is 12.7 Å². The molecule has 1 unspecified atom stereocenters. The summed E-state index contributed by atoms with van der Waals surface area (Å²) >= 11 is 0.758. The molecule has 4 rings (SSSR count). The van der Waals surface area contributed by atoms with Crippen molar-refractivity contribution in [3.63, 3.8) is 0 Å². The van der Waals surface area contributed by atoms with Crippen LogP contribution in [0.5, 0.6) is 0 Å². The number of esters is 1. The zero-order valence-electron chi connectivity index (χ0n) is 15.4. The van der Waals surface area contributed by atoms with Crippen molar-refractivity contribution in [2.24, 2.45) is 0 Å². The van der Waals surface area contributed by atoms with Gasteiger partial charge in [0, 0.05) is 42.5 Å². The lowest BCUT2D eigenvalue weighted by Gasteiger charge is -2.18. The third-order valence-corrected chi connectivity index (χ3v) is 5.84. The zero-order valence-corrected chi connectivity index (χ0v) is 16.2. The van der Waals surface area contributed by atoms with Crippen LogP contribution < -0.4 is 0 Å². The second-order valence-electron chi connectivity index (χ2n) is 6.61. The highest BCUT2D eigenvalue weighted by Gasteiger charge is 2.39. The maximum Gasteiger partial charge on any atom is 0.337 e. The van der Waals surface area contributed by atoms with Gasteiger partial charge >= 0.3 is 5.97 Å². The number of carbonyl (C=O) groups is 3. The predicted octanol–water partition coefficient (Wildman–Crippen LogP) is 3.84. The van der Waals surface area contributed by atoms with Crippen molar-refractivity contribution >= 4 is 39.0 Å². The summed E-state index contributed by atoms with van der Waals surface area (Å²) in [4.78, 5) is 37.2. The van der Waals surface area contributed by atoms with Gasteiger partial charge in [0.15, 0.2) is 0 Å². The van der Waals surface area contributed by atoms with Gasteiger partial charge in [0.2, 0.25) is 5.12 Å². The van der Waals surface area contributed by atoms with E-state index in [1.54, 1.807) is 19.2 Å². The molecular formula is C21H18N2O4S. The zero-order chi connectivity index (χ0) is 19.8. The molecule has 2 heterocycles. The molecule has 0 N–H and O–H groups in total. The third kappa shape index (κ3) is 3.07. The van der Waals surface area contributed by atoms with Crippen molar-refractivity contribution in [1.29, 1.82) is 0 Å². The van der Waals surface area contributed by atoms with E-state index in [0.717, 1.165) is 33.8 Å². The van der Waals surface area contributed by atoms with E-state index in [9.17, 15) is 14.4 Å². The van der Waals surface area contributed by atoms with Gasteiger partial charge in [-0.3, -0.25) is 9.59 Å². The Morgan fingerprint density at radius 2 is 1.86 bits per heavy atom. The molecule has 1 aromatic heterocycles. The summed E-state index contributed by atoms with van der Waals surface area (Å²) in [6.45, 7) is 0.622. The topological polar surface area (TPSA) is 68.6 Å². The van der Waals surface area contributed by atoms with Gasteiger partial charge in [-0.05, 0) is 35.4 Å². The Hall–Kier alpha value is -3.06. The van der Waals surface area contributed by atoms with Gasteiger partial charge in [0.25, 0.3) is 5.24 Å². The van der Waals surface area contributed by atoms with E-state index >= 15 is 0 Å². The summed E-state index contributed by atoms with van der Waals surface area (Å²) in [5.41, 5.74) is 3.37. The van der Waals surface area contributed by atoms with Crippen LogP contribution in [0.15, 0.2) is 54.7 Å². The number of hydrogen-bond acceptors (Lipinski definition) is 5. The SMILES string of the molecule is COC(=O)c1ccc(Cn2ccc3c(C4C(=O)SC(=O)N4C)cccc32)cc1. The van der Waals surface area contributed by atoms with Crippen LogP contribution in [-0.2, 0) is 16.1 Å². The van der Waals surface area contributed by atoms with E-state index in [1.165, 1.54) is 12.0 Å². The van der Waals surface area contributed by atoms with Crippen molar-refractivity contribution in [1.82, 2.24) is 9.47 Å². The smallest absolute Gasteiger partial charge is 0.337 e. The molecule has 0 saturated carbocycles. The van der Waals surface area contributed by atoms with Crippen molar-refractivity contribution in [3.05, 3.63) is 71.4 Å². The molecule has 1 aliphatic rings. The van der Waals surface area contributed by atoms with Crippen LogP contribution in [0, 0.1) is 0 Å². The number of ether oxygens (including phenoxy) is 1. The lowest BCUT2D eigenvalue weighted by molar-refractivity contribution is -0.113. The molecule has 1 atom stereocenters. The number of likely N-dealkylation sites (N-methyl/N-ethyl adjacent to an activating group) is 1. The average molecular weight is 394 g/mol. The minimum Gasteiger partial charge on any atom is -0.465 e. The summed E-state index contributed by atoms with van der Waals surface area (Å²) in [5.74, 6) is -0.361. The van der Waals surface area contributed by atoms with Crippen molar-refractivity contribution in [2.75, 3.05) is 14.2 Å². The Morgan fingerprint density at radius 1 is 1.11 bits per heavy atom. The van der Waals surface area contributed by atoms with E-state index in [4.69, 9.17) is 4.74 Å². The summed E-state index contributed by atoms with van der Waals surface area (Å²) in [7, 11) is 3.02. The second kappa shape index (κ2) is 7.16. The molecule has 142 valence electrons. The highest BCUT2D eigenvalue weighted by atomic mass is 32.2. The lowest BCUT2D eigenvalue weighted by Crippen LogP contribution is -2.23. The van der Waals surface area contributed by atoms with E-state index in [-0.39, 0.29) is 16.3 Å². The van der Waals surface area contributed by atoms with E-state index in [2.05, 4.69) is 4.57 Å². The quantitative estimate of drug-likeness (QED) is 0.629. The number of hydrogen-bond donors (Lipinski definition) is 0. The number of rotatable bonds is 4. The highest BCUT2D eigenvalue weighted by Crippen LogP contribution is 2.38. The number of benzene rings is 2. The first-order valence-corrected chi connectivity index (χ1v) is 9.54. The van der Waals surface area contributed by atoms with Crippen molar-refractivity contribution in [3.8, 4) is 0 Å². The van der Waals surface area contributed by atoms with E-state index < -0.39 is 6.04 Å². The molecule has 0 bridgehead atoms. The van der Waals surface area contributed by atoms with Crippen LogP contribution in [0.1, 0.15) is 27.5 Å².